The number of hydrogen-bond donors (Lipinski definition) is 1. The molecule has 0 aliphatic heterocycles. The fourth-order valence-corrected chi connectivity index (χ4v) is 3.79. The van der Waals surface area contributed by atoms with Crippen molar-refractivity contribution in [3.05, 3.63) is 71.3 Å². The van der Waals surface area contributed by atoms with E-state index in [-0.39, 0.29) is 11.8 Å². The van der Waals surface area contributed by atoms with E-state index in [2.05, 4.69) is 25.2 Å². The summed E-state index contributed by atoms with van der Waals surface area (Å²) in [5.41, 5.74) is 2.85. The molecule has 0 saturated heterocycles. The molecule has 0 aliphatic rings. The van der Waals surface area contributed by atoms with Gasteiger partial charge in [-0.05, 0) is 23.1 Å². The highest BCUT2D eigenvalue weighted by Crippen LogP contribution is 2.27. The zero-order valence-electron chi connectivity index (χ0n) is 15.4. The smallest absolute Gasteiger partial charge is 0.227 e. The molecular formula is C22H26N2OS. The molecule has 3 nitrogen and oxygen atoms in total. The molecule has 26 heavy (non-hydrogen) atoms. The average Bonchev–Trinajstić information content (AvgIpc) is 2.68. The topological polar surface area (TPSA) is 52.9 Å². The van der Waals surface area contributed by atoms with Gasteiger partial charge in [0.1, 0.15) is 0 Å². The lowest BCUT2D eigenvalue weighted by atomic mass is 9.85. The van der Waals surface area contributed by atoms with Gasteiger partial charge in [0.25, 0.3) is 0 Å². The lowest BCUT2D eigenvalue weighted by molar-refractivity contribution is -0.123. The van der Waals surface area contributed by atoms with Gasteiger partial charge in [0, 0.05) is 18.1 Å². The predicted octanol–water partition coefficient (Wildman–Crippen LogP) is 4.74. The minimum Gasteiger partial charge on any atom is -0.355 e. The van der Waals surface area contributed by atoms with E-state index in [9.17, 15) is 4.79 Å². The first kappa shape index (κ1) is 20.1. The van der Waals surface area contributed by atoms with Crippen molar-refractivity contribution in [2.75, 3.05) is 12.3 Å². The summed E-state index contributed by atoms with van der Waals surface area (Å²) >= 11 is 1.73. The number of amides is 1. The minimum atomic E-state index is -0.106. The van der Waals surface area contributed by atoms with Gasteiger partial charge in [-0.2, -0.15) is 17.0 Å². The Morgan fingerprint density at radius 2 is 1.85 bits per heavy atom. The van der Waals surface area contributed by atoms with E-state index >= 15 is 0 Å². The van der Waals surface area contributed by atoms with Crippen molar-refractivity contribution < 1.29 is 4.79 Å². The summed E-state index contributed by atoms with van der Waals surface area (Å²) in [6.07, 6.45) is 0.965. The molecular weight excluding hydrogens is 340 g/mol. The number of nitrogens with one attached hydrogen (secondary N) is 1. The molecule has 0 radical (unpaired) electrons. The SMILES string of the molecule is CCC(C)C(C(=O)NCCSCc1ccccc1C#N)c1ccccc1. The Balaban J connectivity index is 1.84. The van der Waals surface area contributed by atoms with Gasteiger partial charge < -0.3 is 5.32 Å². The van der Waals surface area contributed by atoms with E-state index in [1.807, 2.05) is 54.6 Å². The van der Waals surface area contributed by atoms with Gasteiger partial charge in [-0.3, -0.25) is 4.79 Å². The van der Waals surface area contributed by atoms with Crippen LogP contribution in [0.1, 0.15) is 42.9 Å². The van der Waals surface area contributed by atoms with Crippen molar-refractivity contribution in [3.63, 3.8) is 0 Å². The van der Waals surface area contributed by atoms with Crippen molar-refractivity contribution in [2.24, 2.45) is 5.92 Å². The number of carbonyl (C=O) groups excluding carboxylic acids is 1. The van der Waals surface area contributed by atoms with Gasteiger partial charge in [0.2, 0.25) is 5.91 Å². The lowest BCUT2D eigenvalue weighted by Crippen LogP contribution is -2.34. The molecule has 2 aromatic rings. The number of nitriles is 1. The summed E-state index contributed by atoms with van der Waals surface area (Å²) in [7, 11) is 0. The Kier molecular flexibility index (Phi) is 8.24. The zero-order chi connectivity index (χ0) is 18.8. The molecule has 0 fully saturated rings. The molecule has 136 valence electrons. The average molecular weight is 367 g/mol. The monoisotopic (exact) mass is 366 g/mol. The first-order chi connectivity index (χ1) is 12.7. The molecule has 2 atom stereocenters. The highest BCUT2D eigenvalue weighted by atomic mass is 32.2. The van der Waals surface area contributed by atoms with Crippen molar-refractivity contribution in [3.8, 4) is 6.07 Å². The van der Waals surface area contributed by atoms with E-state index < -0.39 is 0 Å². The number of rotatable bonds is 9. The Hall–Kier alpha value is -2.25. The van der Waals surface area contributed by atoms with Crippen molar-refractivity contribution in [1.82, 2.24) is 5.32 Å². The van der Waals surface area contributed by atoms with Crippen LogP contribution in [0.2, 0.25) is 0 Å². The Morgan fingerprint density at radius 3 is 2.54 bits per heavy atom. The summed E-state index contributed by atoms with van der Waals surface area (Å²) < 4.78 is 0. The summed E-state index contributed by atoms with van der Waals surface area (Å²) in [4.78, 5) is 12.7. The Morgan fingerprint density at radius 1 is 1.15 bits per heavy atom. The molecule has 0 spiro atoms. The fourth-order valence-electron chi connectivity index (χ4n) is 2.93. The second-order valence-electron chi connectivity index (χ2n) is 6.39. The Labute approximate surface area is 160 Å². The van der Waals surface area contributed by atoms with Crippen LogP contribution in [0.15, 0.2) is 54.6 Å². The van der Waals surface area contributed by atoms with E-state index in [1.54, 1.807) is 11.8 Å². The van der Waals surface area contributed by atoms with Crippen molar-refractivity contribution in [1.29, 1.82) is 5.26 Å². The van der Waals surface area contributed by atoms with Crippen LogP contribution >= 0.6 is 11.8 Å². The third kappa shape index (κ3) is 5.64. The number of nitrogens with zero attached hydrogens (tertiary/aromatic N) is 1. The zero-order valence-corrected chi connectivity index (χ0v) is 16.3. The first-order valence-electron chi connectivity index (χ1n) is 9.05. The van der Waals surface area contributed by atoms with Crippen LogP contribution in [0.5, 0.6) is 0 Å². The molecule has 2 rings (SSSR count). The first-order valence-corrected chi connectivity index (χ1v) is 10.2. The van der Waals surface area contributed by atoms with E-state index in [0.717, 1.165) is 34.6 Å². The van der Waals surface area contributed by atoms with Crippen LogP contribution in [0.25, 0.3) is 0 Å². The Bertz CT molecular complexity index is 739. The van der Waals surface area contributed by atoms with Crippen LogP contribution in [-0.2, 0) is 10.5 Å². The number of hydrogen-bond acceptors (Lipinski definition) is 3. The third-order valence-electron chi connectivity index (χ3n) is 4.60. The highest BCUT2D eigenvalue weighted by Gasteiger charge is 2.25. The standard InChI is InChI=1S/C22H26N2OS/c1-3-17(2)21(18-9-5-4-6-10-18)22(25)24-13-14-26-16-20-12-8-7-11-19(20)15-23/h4-12,17,21H,3,13-14,16H2,1-2H3,(H,24,25). The maximum atomic E-state index is 12.7. The van der Waals surface area contributed by atoms with E-state index in [4.69, 9.17) is 5.26 Å². The van der Waals surface area contributed by atoms with Crippen LogP contribution < -0.4 is 5.32 Å². The van der Waals surface area contributed by atoms with Gasteiger partial charge >= 0.3 is 0 Å². The molecule has 0 saturated carbocycles. The second kappa shape index (κ2) is 10.7. The summed E-state index contributed by atoms with van der Waals surface area (Å²) in [6, 6.07) is 19.9. The van der Waals surface area contributed by atoms with Gasteiger partial charge in [-0.15, -0.1) is 0 Å². The van der Waals surface area contributed by atoms with Crippen molar-refractivity contribution >= 4 is 17.7 Å². The minimum absolute atomic E-state index is 0.101. The molecule has 1 amide bonds. The summed E-state index contributed by atoms with van der Waals surface area (Å²) in [5.74, 6) is 1.90. The lowest BCUT2D eigenvalue weighted by Gasteiger charge is -2.22. The van der Waals surface area contributed by atoms with Crippen LogP contribution in [0.3, 0.4) is 0 Å². The molecule has 0 heterocycles. The molecule has 2 aromatic carbocycles. The molecule has 2 unspecified atom stereocenters. The van der Waals surface area contributed by atoms with Crippen LogP contribution in [-0.4, -0.2) is 18.2 Å². The van der Waals surface area contributed by atoms with Crippen LogP contribution in [0.4, 0.5) is 0 Å². The van der Waals surface area contributed by atoms with E-state index in [1.165, 1.54) is 0 Å². The van der Waals surface area contributed by atoms with Gasteiger partial charge in [-0.25, -0.2) is 0 Å². The normalized spacial score (nSPS) is 12.8. The van der Waals surface area contributed by atoms with Gasteiger partial charge in [0.05, 0.1) is 17.6 Å². The maximum Gasteiger partial charge on any atom is 0.227 e. The summed E-state index contributed by atoms with van der Waals surface area (Å²) in [5, 5.41) is 12.2. The van der Waals surface area contributed by atoms with Crippen LogP contribution in [0, 0.1) is 17.2 Å². The third-order valence-corrected chi connectivity index (χ3v) is 5.60. The molecule has 0 aliphatic carbocycles. The molecule has 1 N–H and O–H groups in total. The summed E-state index contributed by atoms with van der Waals surface area (Å²) in [6.45, 7) is 4.89. The largest absolute Gasteiger partial charge is 0.355 e. The molecule has 4 heteroatoms. The molecule has 0 bridgehead atoms. The quantitative estimate of drug-likeness (QED) is 0.652. The fraction of sp³-hybridized carbons (Fsp3) is 0.364. The second-order valence-corrected chi connectivity index (χ2v) is 7.49. The number of thioether (sulfide) groups is 1. The number of carbonyl (C=O) groups is 1. The molecule has 0 aromatic heterocycles. The highest BCUT2D eigenvalue weighted by molar-refractivity contribution is 7.98. The van der Waals surface area contributed by atoms with Crippen molar-refractivity contribution in [2.45, 2.75) is 31.9 Å². The number of benzene rings is 2. The maximum absolute atomic E-state index is 12.7. The predicted molar refractivity (Wildman–Crippen MR) is 109 cm³/mol. The van der Waals surface area contributed by atoms with E-state index in [0.29, 0.717) is 12.5 Å². The van der Waals surface area contributed by atoms with Gasteiger partial charge in [-0.1, -0.05) is 68.8 Å². The van der Waals surface area contributed by atoms with Gasteiger partial charge in [0.15, 0.2) is 0 Å².